The van der Waals surface area contributed by atoms with Crippen molar-refractivity contribution in [2.45, 2.75) is 46.3 Å². The number of benzene rings is 1. The van der Waals surface area contributed by atoms with Crippen molar-refractivity contribution in [1.29, 1.82) is 0 Å². The van der Waals surface area contributed by atoms with Gasteiger partial charge in [0.25, 0.3) is 0 Å². The topological polar surface area (TPSA) is 32.3 Å². The van der Waals surface area contributed by atoms with Gasteiger partial charge in [0.15, 0.2) is 0 Å². The Hall–Kier alpha value is -1.94. The lowest BCUT2D eigenvalue weighted by Gasteiger charge is -2.33. The maximum atomic E-state index is 4.58. The second-order valence-electron chi connectivity index (χ2n) is 6.72. The Balaban J connectivity index is 1.84. The summed E-state index contributed by atoms with van der Waals surface area (Å²) in [4.78, 5) is 13.9. The predicted octanol–water partition coefficient (Wildman–Crippen LogP) is 3.19. The van der Waals surface area contributed by atoms with Crippen LogP contribution < -0.4 is 4.90 Å². The predicted molar refractivity (Wildman–Crippen MR) is 94.6 cm³/mol. The largest absolute Gasteiger partial charge is 0.355 e. The molecular formula is C19H26N4. The van der Waals surface area contributed by atoms with Gasteiger partial charge < -0.3 is 4.90 Å². The monoisotopic (exact) mass is 310 g/mol. The summed E-state index contributed by atoms with van der Waals surface area (Å²) in [5.41, 5.74) is 5.18. The Kier molecular flexibility index (Phi) is 4.62. The van der Waals surface area contributed by atoms with E-state index in [0.717, 1.165) is 31.9 Å². The Labute approximate surface area is 139 Å². The van der Waals surface area contributed by atoms with Gasteiger partial charge in [0.2, 0.25) is 0 Å². The van der Waals surface area contributed by atoms with Crippen molar-refractivity contribution >= 4 is 5.82 Å². The van der Waals surface area contributed by atoms with Gasteiger partial charge in [-0.2, -0.15) is 0 Å². The molecule has 0 saturated carbocycles. The van der Waals surface area contributed by atoms with Crippen molar-refractivity contribution in [2.24, 2.45) is 0 Å². The first-order chi connectivity index (χ1) is 11.1. The minimum absolute atomic E-state index is 0.561. The summed E-state index contributed by atoms with van der Waals surface area (Å²) in [5.74, 6) is 1.08. The van der Waals surface area contributed by atoms with E-state index in [1.54, 1.807) is 6.33 Å². The summed E-state index contributed by atoms with van der Waals surface area (Å²) in [6.45, 7) is 9.56. The van der Waals surface area contributed by atoms with Crippen LogP contribution in [0.4, 0.5) is 5.82 Å². The molecule has 0 N–H and O–H groups in total. The molecule has 1 aromatic carbocycles. The highest BCUT2D eigenvalue weighted by molar-refractivity contribution is 5.50. The van der Waals surface area contributed by atoms with E-state index in [1.165, 1.54) is 22.4 Å². The first-order valence-electron chi connectivity index (χ1n) is 8.38. The molecule has 0 unspecified atom stereocenters. The smallest absolute Gasteiger partial charge is 0.135 e. The van der Waals surface area contributed by atoms with Gasteiger partial charge >= 0.3 is 0 Å². The highest BCUT2D eigenvalue weighted by Gasteiger charge is 2.23. The third-order valence-electron chi connectivity index (χ3n) is 4.77. The molecule has 4 nitrogen and oxygen atoms in total. The minimum atomic E-state index is 0.561. The van der Waals surface area contributed by atoms with Crippen LogP contribution in [0, 0.1) is 6.92 Å². The molecule has 0 spiro atoms. The highest BCUT2D eigenvalue weighted by atomic mass is 15.2. The SMILES string of the molecule is Cc1ccccc1CN(C)c1ncnc2c1CCN(C(C)C)C2. The second-order valence-corrected chi connectivity index (χ2v) is 6.72. The minimum Gasteiger partial charge on any atom is -0.355 e. The zero-order valence-electron chi connectivity index (χ0n) is 14.6. The first-order valence-corrected chi connectivity index (χ1v) is 8.38. The zero-order chi connectivity index (χ0) is 16.4. The van der Waals surface area contributed by atoms with Crippen molar-refractivity contribution in [3.8, 4) is 0 Å². The standard InChI is InChI=1S/C19H26N4/c1-14(2)23-10-9-17-18(12-23)20-13-21-19(17)22(4)11-16-8-6-5-7-15(16)3/h5-8,13-14H,9-12H2,1-4H3. The number of hydrogen-bond donors (Lipinski definition) is 0. The summed E-state index contributed by atoms with van der Waals surface area (Å²) in [6, 6.07) is 9.11. The van der Waals surface area contributed by atoms with Gasteiger partial charge in [0.1, 0.15) is 12.1 Å². The maximum absolute atomic E-state index is 4.58. The quantitative estimate of drug-likeness (QED) is 0.868. The number of rotatable bonds is 4. The van der Waals surface area contributed by atoms with Crippen LogP contribution >= 0.6 is 0 Å². The van der Waals surface area contributed by atoms with E-state index in [9.17, 15) is 0 Å². The molecule has 0 fully saturated rings. The Morgan fingerprint density at radius 1 is 1.22 bits per heavy atom. The fraction of sp³-hybridized carbons (Fsp3) is 0.474. The maximum Gasteiger partial charge on any atom is 0.135 e. The lowest BCUT2D eigenvalue weighted by molar-refractivity contribution is 0.200. The molecule has 0 atom stereocenters. The lowest BCUT2D eigenvalue weighted by atomic mass is 10.0. The number of hydrogen-bond acceptors (Lipinski definition) is 4. The molecule has 23 heavy (non-hydrogen) atoms. The van der Waals surface area contributed by atoms with Crippen LogP contribution in [0.25, 0.3) is 0 Å². The third-order valence-corrected chi connectivity index (χ3v) is 4.77. The molecule has 1 aliphatic rings. The van der Waals surface area contributed by atoms with E-state index in [1.807, 2.05) is 0 Å². The molecule has 4 heteroatoms. The Morgan fingerprint density at radius 3 is 2.74 bits per heavy atom. The van der Waals surface area contributed by atoms with Gasteiger partial charge in [-0.05, 0) is 38.3 Å². The normalized spacial score (nSPS) is 14.8. The van der Waals surface area contributed by atoms with Crippen LogP contribution in [0.3, 0.4) is 0 Å². The molecular weight excluding hydrogens is 284 g/mol. The van der Waals surface area contributed by atoms with E-state index in [4.69, 9.17) is 0 Å². The van der Waals surface area contributed by atoms with E-state index >= 15 is 0 Å². The molecule has 2 heterocycles. The molecule has 0 amide bonds. The van der Waals surface area contributed by atoms with Crippen LogP contribution in [-0.4, -0.2) is 34.5 Å². The van der Waals surface area contributed by atoms with E-state index in [0.29, 0.717) is 6.04 Å². The van der Waals surface area contributed by atoms with Crippen molar-refractivity contribution in [3.63, 3.8) is 0 Å². The average Bonchev–Trinajstić information content (AvgIpc) is 2.55. The number of fused-ring (bicyclic) bond motifs is 1. The van der Waals surface area contributed by atoms with Crippen molar-refractivity contribution in [1.82, 2.24) is 14.9 Å². The summed E-state index contributed by atoms with van der Waals surface area (Å²) in [7, 11) is 2.13. The van der Waals surface area contributed by atoms with Crippen molar-refractivity contribution in [2.75, 3.05) is 18.5 Å². The first kappa shape index (κ1) is 15.9. The number of aromatic nitrogens is 2. The fourth-order valence-corrected chi connectivity index (χ4v) is 3.24. The number of anilines is 1. The summed E-state index contributed by atoms with van der Waals surface area (Å²) < 4.78 is 0. The molecule has 0 bridgehead atoms. The lowest BCUT2D eigenvalue weighted by Crippen LogP contribution is -2.37. The van der Waals surface area contributed by atoms with Crippen LogP contribution in [0.15, 0.2) is 30.6 Å². The van der Waals surface area contributed by atoms with Crippen molar-refractivity contribution in [3.05, 3.63) is 53.0 Å². The molecule has 0 aliphatic carbocycles. The van der Waals surface area contributed by atoms with E-state index < -0.39 is 0 Å². The van der Waals surface area contributed by atoms with Gasteiger partial charge in [-0.25, -0.2) is 9.97 Å². The molecule has 0 radical (unpaired) electrons. The number of aryl methyl sites for hydroxylation is 1. The van der Waals surface area contributed by atoms with Crippen LogP contribution in [0.2, 0.25) is 0 Å². The fourth-order valence-electron chi connectivity index (χ4n) is 3.24. The van der Waals surface area contributed by atoms with Gasteiger partial charge in [-0.1, -0.05) is 24.3 Å². The molecule has 122 valence electrons. The van der Waals surface area contributed by atoms with Crippen LogP contribution in [0.5, 0.6) is 0 Å². The molecule has 2 aromatic rings. The Bertz CT molecular complexity index is 681. The Morgan fingerprint density at radius 2 is 2.00 bits per heavy atom. The van der Waals surface area contributed by atoms with Gasteiger partial charge in [0.05, 0.1) is 5.69 Å². The third kappa shape index (κ3) is 3.37. The number of nitrogens with zero attached hydrogens (tertiary/aromatic N) is 4. The summed E-state index contributed by atoms with van der Waals surface area (Å²) >= 11 is 0. The molecule has 0 saturated heterocycles. The van der Waals surface area contributed by atoms with Crippen molar-refractivity contribution < 1.29 is 0 Å². The van der Waals surface area contributed by atoms with Gasteiger partial charge in [-0.15, -0.1) is 0 Å². The molecule has 3 rings (SSSR count). The molecule has 1 aromatic heterocycles. The molecule has 1 aliphatic heterocycles. The van der Waals surface area contributed by atoms with Crippen LogP contribution in [-0.2, 0) is 19.5 Å². The highest BCUT2D eigenvalue weighted by Crippen LogP contribution is 2.26. The zero-order valence-corrected chi connectivity index (χ0v) is 14.6. The average molecular weight is 310 g/mol. The van der Waals surface area contributed by atoms with Gasteiger partial charge in [0, 0.05) is 38.3 Å². The van der Waals surface area contributed by atoms with Gasteiger partial charge in [-0.3, -0.25) is 4.90 Å². The van der Waals surface area contributed by atoms with E-state index in [2.05, 4.69) is 71.9 Å². The summed E-state index contributed by atoms with van der Waals surface area (Å²) in [5, 5.41) is 0. The van der Waals surface area contributed by atoms with E-state index in [-0.39, 0.29) is 0 Å². The second kappa shape index (κ2) is 6.67. The summed E-state index contributed by atoms with van der Waals surface area (Å²) in [6.07, 6.45) is 2.74. The van der Waals surface area contributed by atoms with Crippen LogP contribution in [0.1, 0.15) is 36.2 Å².